The lowest BCUT2D eigenvalue weighted by atomic mass is 10.1. The van der Waals surface area contributed by atoms with E-state index in [-0.39, 0.29) is 0 Å². The molecule has 0 amide bonds. The van der Waals surface area contributed by atoms with Gasteiger partial charge in [-0.15, -0.1) is 10.2 Å². The van der Waals surface area contributed by atoms with E-state index in [0.717, 1.165) is 27.7 Å². The van der Waals surface area contributed by atoms with Gasteiger partial charge in [-0.1, -0.05) is 53.3 Å². The summed E-state index contributed by atoms with van der Waals surface area (Å²) in [6.45, 7) is 0.372. The van der Waals surface area contributed by atoms with Crippen molar-refractivity contribution >= 4 is 27.9 Å². The molecule has 0 saturated heterocycles. The molecule has 0 aliphatic heterocycles. The van der Waals surface area contributed by atoms with E-state index >= 15 is 0 Å². The summed E-state index contributed by atoms with van der Waals surface area (Å²) in [6, 6.07) is 19.1. The Kier molecular flexibility index (Phi) is 4.27. The highest BCUT2D eigenvalue weighted by Crippen LogP contribution is 2.26. The number of halogens is 1. The largest absolute Gasteiger partial charge is 0.486 e. The number of aromatic nitrogens is 6. The van der Waals surface area contributed by atoms with Crippen LogP contribution < -0.4 is 4.74 Å². The molecule has 7 nitrogen and oxygen atoms in total. The normalized spacial score (nSPS) is 11.2. The number of H-pyrrole nitrogens is 1. The second kappa shape index (κ2) is 7.06. The molecule has 0 bridgehead atoms. The van der Waals surface area contributed by atoms with E-state index in [0.29, 0.717) is 22.4 Å². The summed E-state index contributed by atoms with van der Waals surface area (Å²) in [5.74, 6) is 1.40. The Morgan fingerprint density at radius 1 is 1.04 bits per heavy atom. The first-order valence-corrected chi connectivity index (χ1v) is 9.66. The summed E-state index contributed by atoms with van der Waals surface area (Å²) in [5.41, 5.74) is 2.49. The molecular weight excluding hydrogens is 396 g/mol. The lowest BCUT2D eigenvalue weighted by Gasteiger charge is -2.02. The molecule has 0 aliphatic carbocycles. The molecule has 0 saturated carbocycles. The van der Waals surface area contributed by atoms with Crippen molar-refractivity contribution in [3.8, 4) is 28.5 Å². The Balaban J connectivity index is 1.40. The summed E-state index contributed by atoms with van der Waals surface area (Å²) in [5, 5.41) is 21.9. The standard InChI is InChI=1S/C19H13ClN6OS/c20-13-8-6-12(7-9-13)15-10-16(22-21-15)18-23-24-19-26(18)25-17(28-19)11-27-14-4-2-1-3-5-14/h1-10H,11H2,(H,21,22). The molecule has 3 aromatic heterocycles. The van der Waals surface area contributed by atoms with Crippen LogP contribution in [-0.4, -0.2) is 30.0 Å². The van der Waals surface area contributed by atoms with E-state index < -0.39 is 0 Å². The number of hydrogen-bond acceptors (Lipinski definition) is 6. The van der Waals surface area contributed by atoms with Gasteiger partial charge < -0.3 is 4.74 Å². The zero-order chi connectivity index (χ0) is 18.9. The Morgan fingerprint density at radius 3 is 2.68 bits per heavy atom. The zero-order valence-corrected chi connectivity index (χ0v) is 16.0. The van der Waals surface area contributed by atoms with Gasteiger partial charge in [0.2, 0.25) is 10.8 Å². The average Bonchev–Trinajstić information content (AvgIpc) is 3.43. The van der Waals surface area contributed by atoms with E-state index in [2.05, 4.69) is 25.5 Å². The fourth-order valence-electron chi connectivity index (χ4n) is 2.75. The summed E-state index contributed by atoms with van der Waals surface area (Å²) >= 11 is 7.39. The van der Waals surface area contributed by atoms with Gasteiger partial charge in [-0.05, 0) is 30.3 Å². The molecule has 5 rings (SSSR count). The van der Waals surface area contributed by atoms with Crippen LogP contribution in [0.4, 0.5) is 0 Å². The van der Waals surface area contributed by atoms with E-state index in [1.807, 2.05) is 60.7 Å². The van der Waals surface area contributed by atoms with Crippen molar-refractivity contribution in [1.29, 1.82) is 0 Å². The molecule has 0 unspecified atom stereocenters. The molecule has 0 aliphatic rings. The van der Waals surface area contributed by atoms with E-state index in [1.165, 1.54) is 11.3 Å². The van der Waals surface area contributed by atoms with Gasteiger partial charge in [0.05, 0.1) is 5.69 Å². The zero-order valence-electron chi connectivity index (χ0n) is 14.4. The Hall–Kier alpha value is -3.23. The SMILES string of the molecule is Clc1ccc(-c2cc(-c3nnc4sc(COc5ccccc5)nn34)[nH]n2)cc1. The number of ether oxygens (including phenoxy) is 1. The summed E-state index contributed by atoms with van der Waals surface area (Å²) in [6.07, 6.45) is 0. The van der Waals surface area contributed by atoms with Crippen LogP contribution in [0.15, 0.2) is 60.7 Å². The highest BCUT2D eigenvalue weighted by molar-refractivity contribution is 7.16. The second-order valence-electron chi connectivity index (χ2n) is 5.99. The molecule has 9 heteroatoms. The van der Waals surface area contributed by atoms with Crippen LogP contribution in [0.3, 0.4) is 0 Å². The van der Waals surface area contributed by atoms with Crippen molar-refractivity contribution in [3.05, 3.63) is 70.7 Å². The smallest absolute Gasteiger partial charge is 0.235 e. The molecule has 5 aromatic rings. The van der Waals surface area contributed by atoms with E-state index in [1.54, 1.807) is 4.52 Å². The number of benzene rings is 2. The van der Waals surface area contributed by atoms with E-state index in [9.17, 15) is 0 Å². The van der Waals surface area contributed by atoms with Crippen LogP contribution in [0.1, 0.15) is 5.01 Å². The Labute approximate surface area is 168 Å². The quantitative estimate of drug-likeness (QED) is 0.464. The number of hydrogen-bond donors (Lipinski definition) is 1. The lowest BCUT2D eigenvalue weighted by molar-refractivity contribution is 0.304. The first-order valence-electron chi connectivity index (χ1n) is 8.47. The van der Waals surface area contributed by atoms with Crippen molar-refractivity contribution in [1.82, 2.24) is 30.0 Å². The van der Waals surface area contributed by atoms with Gasteiger partial charge in [-0.2, -0.15) is 14.7 Å². The van der Waals surface area contributed by atoms with Gasteiger partial charge in [0.1, 0.15) is 18.1 Å². The lowest BCUT2D eigenvalue weighted by Crippen LogP contribution is -1.97. The fourth-order valence-corrected chi connectivity index (χ4v) is 3.62. The van der Waals surface area contributed by atoms with Gasteiger partial charge in [-0.3, -0.25) is 5.10 Å². The van der Waals surface area contributed by atoms with Gasteiger partial charge in [-0.25, -0.2) is 0 Å². The minimum absolute atomic E-state index is 0.372. The van der Waals surface area contributed by atoms with Crippen LogP contribution >= 0.6 is 22.9 Å². The maximum atomic E-state index is 5.95. The molecule has 0 spiro atoms. The van der Waals surface area contributed by atoms with Gasteiger partial charge in [0.25, 0.3) is 0 Å². The molecule has 2 aromatic carbocycles. The predicted octanol–water partition coefficient (Wildman–Crippen LogP) is 4.48. The van der Waals surface area contributed by atoms with E-state index in [4.69, 9.17) is 16.3 Å². The second-order valence-corrected chi connectivity index (χ2v) is 7.47. The minimum Gasteiger partial charge on any atom is -0.486 e. The summed E-state index contributed by atoms with van der Waals surface area (Å²) < 4.78 is 7.47. The third-order valence-electron chi connectivity index (χ3n) is 4.10. The van der Waals surface area contributed by atoms with Gasteiger partial charge in [0, 0.05) is 10.6 Å². The maximum Gasteiger partial charge on any atom is 0.235 e. The van der Waals surface area contributed by atoms with Crippen molar-refractivity contribution in [2.24, 2.45) is 0 Å². The molecule has 3 heterocycles. The van der Waals surface area contributed by atoms with Crippen molar-refractivity contribution in [3.63, 3.8) is 0 Å². The van der Waals surface area contributed by atoms with Gasteiger partial charge >= 0.3 is 0 Å². The molecule has 0 atom stereocenters. The first-order chi connectivity index (χ1) is 13.8. The number of rotatable bonds is 5. The molecule has 28 heavy (non-hydrogen) atoms. The minimum atomic E-state index is 0.372. The predicted molar refractivity (Wildman–Crippen MR) is 107 cm³/mol. The third-order valence-corrected chi connectivity index (χ3v) is 5.22. The van der Waals surface area contributed by atoms with Crippen LogP contribution in [0.2, 0.25) is 5.02 Å². The number of aromatic amines is 1. The Morgan fingerprint density at radius 2 is 1.86 bits per heavy atom. The fraction of sp³-hybridized carbons (Fsp3) is 0.0526. The third kappa shape index (κ3) is 3.23. The first kappa shape index (κ1) is 16.9. The number of nitrogens with zero attached hydrogens (tertiary/aromatic N) is 5. The van der Waals surface area contributed by atoms with Crippen LogP contribution in [0.5, 0.6) is 5.75 Å². The van der Waals surface area contributed by atoms with Crippen molar-refractivity contribution in [2.75, 3.05) is 0 Å². The number of para-hydroxylation sites is 1. The van der Waals surface area contributed by atoms with Crippen molar-refractivity contribution < 1.29 is 4.74 Å². The molecule has 138 valence electrons. The highest BCUT2D eigenvalue weighted by Gasteiger charge is 2.16. The summed E-state index contributed by atoms with van der Waals surface area (Å²) in [7, 11) is 0. The average molecular weight is 409 g/mol. The number of nitrogens with one attached hydrogen (secondary N) is 1. The monoisotopic (exact) mass is 408 g/mol. The van der Waals surface area contributed by atoms with Crippen LogP contribution in [0.25, 0.3) is 27.7 Å². The molecule has 0 fully saturated rings. The van der Waals surface area contributed by atoms with Crippen LogP contribution in [-0.2, 0) is 6.61 Å². The number of fused-ring (bicyclic) bond motifs is 1. The molecule has 1 N–H and O–H groups in total. The van der Waals surface area contributed by atoms with Gasteiger partial charge in [0.15, 0.2) is 5.01 Å². The highest BCUT2D eigenvalue weighted by atomic mass is 35.5. The summed E-state index contributed by atoms with van der Waals surface area (Å²) in [4.78, 5) is 0.698. The van der Waals surface area contributed by atoms with Crippen LogP contribution in [0, 0.1) is 0 Å². The maximum absolute atomic E-state index is 5.95. The van der Waals surface area contributed by atoms with Crippen molar-refractivity contribution in [2.45, 2.75) is 6.61 Å². The molecular formula is C19H13ClN6OS. The Bertz CT molecular complexity index is 1230. The topological polar surface area (TPSA) is 81.0 Å². The molecule has 0 radical (unpaired) electrons.